The molecule has 7 nitrogen and oxygen atoms in total. The van der Waals surface area contributed by atoms with Gasteiger partial charge in [-0.2, -0.15) is 10.2 Å². The van der Waals surface area contributed by atoms with Gasteiger partial charge in [-0.25, -0.2) is 22.8 Å². The van der Waals surface area contributed by atoms with Crippen LogP contribution in [0.1, 0.15) is 47.1 Å². The van der Waals surface area contributed by atoms with Crippen molar-refractivity contribution >= 4 is 5.91 Å². The molecule has 5 heterocycles. The van der Waals surface area contributed by atoms with E-state index in [1.165, 1.54) is 0 Å². The zero-order chi connectivity index (χ0) is 24.3. The molecule has 2 aliphatic rings. The number of hydrogen-bond acceptors (Lipinski definition) is 4. The second-order valence-corrected chi connectivity index (χ2v) is 8.94. The number of nitrogens with zero attached hydrogens (tertiary/aromatic N) is 6. The highest BCUT2D eigenvalue weighted by molar-refractivity contribution is 5.93. The molecule has 2 bridgehead atoms. The summed E-state index contributed by atoms with van der Waals surface area (Å²) in [5.41, 5.74) is 2.64. The summed E-state index contributed by atoms with van der Waals surface area (Å²) in [6, 6.07) is 8.63. The van der Waals surface area contributed by atoms with Crippen LogP contribution in [-0.2, 0) is 13.5 Å². The fourth-order valence-corrected chi connectivity index (χ4v) is 5.41. The Hall–Kier alpha value is -3.95. The molecule has 0 saturated carbocycles. The number of carbonyl (C=O) groups is 1. The van der Waals surface area contributed by atoms with Crippen LogP contribution in [0.15, 0.2) is 48.8 Å². The average molecular weight is 478 g/mol. The number of fused-ring (bicyclic) bond motifs is 4. The molecule has 35 heavy (non-hydrogen) atoms. The van der Waals surface area contributed by atoms with E-state index in [4.69, 9.17) is 0 Å². The highest BCUT2D eigenvalue weighted by Crippen LogP contribution is 2.45. The van der Waals surface area contributed by atoms with Crippen molar-refractivity contribution in [2.24, 2.45) is 7.05 Å². The van der Waals surface area contributed by atoms with E-state index in [-0.39, 0.29) is 23.6 Å². The smallest absolute Gasteiger partial charge is 0.273 e. The van der Waals surface area contributed by atoms with Crippen molar-refractivity contribution in [1.29, 1.82) is 0 Å². The molecule has 6 rings (SSSR count). The van der Waals surface area contributed by atoms with Crippen molar-refractivity contribution in [3.63, 3.8) is 0 Å². The minimum Gasteiger partial charge on any atom is -0.325 e. The van der Waals surface area contributed by atoms with Crippen molar-refractivity contribution in [3.05, 3.63) is 83.2 Å². The first-order valence-electron chi connectivity index (χ1n) is 11.4. The first kappa shape index (κ1) is 21.6. The van der Waals surface area contributed by atoms with Crippen LogP contribution in [0.4, 0.5) is 13.2 Å². The molecule has 1 amide bonds. The maximum absolute atomic E-state index is 14.0. The van der Waals surface area contributed by atoms with E-state index >= 15 is 0 Å². The van der Waals surface area contributed by atoms with Gasteiger partial charge in [0.05, 0.1) is 17.4 Å². The van der Waals surface area contributed by atoms with Gasteiger partial charge >= 0.3 is 0 Å². The number of aromatic nitrogens is 5. The number of pyridine rings is 1. The monoisotopic (exact) mass is 478 g/mol. The van der Waals surface area contributed by atoms with Gasteiger partial charge in [0.2, 0.25) is 0 Å². The van der Waals surface area contributed by atoms with Gasteiger partial charge in [-0.15, -0.1) is 0 Å². The van der Waals surface area contributed by atoms with Crippen molar-refractivity contribution in [2.45, 2.75) is 37.8 Å². The van der Waals surface area contributed by atoms with Gasteiger partial charge in [0.1, 0.15) is 5.69 Å². The number of aryl methyl sites for hydroxylation is 1. The summed E-state index contributed by atoms with van der Waals surface area (Å²) in [5.74, 6) is -3.63. The fourth-order valence-electron chi connectivity index (χ4n) is 5.41. The number of amides is 1. The van der Waals surface area contributed by atoms with E-state index < -0.39 is 17.5 Å². The molecule has 0 N–H and O–H groups in total. The Morgan fingerprint density at radius 3 is 2.63 bits per heavy atom. The van der Waals surface area contributed by atoms with E-state index in [0.717, 1.165) is 37.0 Å². The highest BCUT2D eigenvalue weighted by Gasteiger charge is 2.44. The van der Waals surface area contributed by atoms with Crippen molar-refractivity contribution in [2.75, 3.05) is 0 Å². The molecule has 1 aromatic carbocycles. The molecule has 0 spiro atoms. The fraction of sp³-hybridized carbons (Fsp3) is 0.280. The lowest BCUT2D eigenvalue weighted by Gasteiger charge is -2.45. The zero-order valence-electron chi connectivity index (χ0n) is 18.8. The van der Waals surface area contributed by atoms with Gasteiger partial charge in [-0.05, 0) is 56.0 Å². The van der Waals surface area contributed by atoms with Gasteiger partial charge in [0.25, 0.3) is 5.91 Å². The van der Waals surface area contributed by atoms with E-state index in [0.29, 0.717) is 29.3 Å². The summed E-state index contributed by atoms with van der Waals surface area (Å²) in [6.45, 7) is 0. The topological polar surface area (TPSA) is 68.8 Å². The normalized spacial score (nSPS) is 19.0. The predicted octanol–water partition coefficient (Wildman–Crippen LogP) is 4.38. The Bertz CT molecular complexity index is 1420. The van der Waals surface area contributed by atoms with Gasteiger partial charge in [-0.1, -0.05) is 6.07 Å². The van der Waals surface area contributed by atoms with Crippen LogP contribution in [-0.4, -0.2) is 41.4 Å². The summed E-state index contributed by atoms with van der Waals surface area (Å²) in [4.78, 5) is 20.1. The molecule has 10 heteroatoms. The zero-order valence-corrected chi connectivity index (χ0v) is 18.8. The van der Waals surface area contributed by atoms with E-state index in [1.807, 2.05) is 4.90 Å². The standard InChI is InChI=1S/C25H21F3N6O/c1-32-24(14-11-17(26)22(28)18(27)12-14)16-13-15-5-2-7-20(23(16)31-32)34(15)25(35)19-6-3-8-21(30-19)33-10-4-9-29-33/h3-4,6,8-12,15,20H,2,5,7,13H2,1H3. The van der Waals surface area contributed by atoms with Crippen LogP contribution in [0, 0.1) is 17.5 Å². The number of hydrogen-bond donors (Lipinski definition) is 0. The summed E-state index contributed by atoms with van der Waals surface area (Å²) >= 11 is 0. The molecule has 178 valence electrons. The minimum absolute atomic E-state index is 0.109. The van der Waals surface area contributed by atoms with Crippen LogP contribution in [0.3, 0.4) is 0 Å². The van der Waals surface area contributed by atoms with Crippen molar-refractivity contribution in [3.8, 4) is 17.1 Å². The molecule has 3 aromatic heterocycles. The van der Waals surface area contributed by atoms with Crippen LogP contribution < -0.4 is 0 Å². The Morgan fingerprint density at radius 2 is 1.89 bits per heavy atom. The van der Waals surface area contributed by atoms with Crippen molar-refractivity contribution < 1.29 is 18.0 Å². The molecular formula is C25H21F3N6O. The molecule has 4 aromatic rings. The second kappa shape index (κ2) is 8.07. The van der Waals surface area contributed by atoms with Gasteiger partial charge in [0, 0.05) is 36.6 Å². The summed E-state index contributed by atoms with van der Waals surface area (Å²) in [6.07, 6.45) is 6.34. The molecule has 0 radical (unpaired) electrons. The van der Waals surface area contributed by atoms with Gasteiger partial charge < -0.3 is 4.90 Å². The van der Waals surface area contributed by atoms with Crippen molar-refractivity contribution in [1.82, 2.24) is 29.4 Å². The summed E-state index contributed by atoms with van der Waals surface area (Å²) < 4.78 is 44.7. The molecule has 2 unspecified atom stereocenters. The maximum Gasteiger partial charge on any atom is 0.273 e. The first-order valence-corrected chi connectivity index (χ1v) is 11.4. The Morgan fingerprint density at radius 1 is 1.09 bits per heavy atom. The largest absolute Gasteiger partial charge is 0.325 e. The average Bonchev–Trinajstić information content (AvgIpc) is 3.50. The number of benzene rings is 1. The SMILES string of the molecule is Cn1nc2c(c1-c1cc(F)c(F)c(F)c1)CC1CCCC2N1C(=O)c1cccc(-n2cccn2)n1. The summed E-state index contributed by atoms with van der Waals surface area (Å²) in [7, 11) is 1.69. The van der Waals surface area contributed by atoms with E-state index in [9.17, 15) is 18.0 Å². The van der Waals surface area contributed by atoms with Gasteiger partial charge in [0.15, 0.2) is 23.3 Å². The lowest BCUT2D eigenvalue weighted by molar-refractivity contribution is 0.0386. The van der Waals surface area contributed by atoms with Crippen LogP contribution in [0.5, 0.6) is 0 Å². The van der Waals surface area contributed by atoms with E-state index in [1.54, 1.807) is 53.1 Å². The summed E-state index contributed by atoms with van der Waals surface area (Å²) in [5, 5.41) is 8.85. The Labute approximate surface area is 198 Å². The first-order chi connectivity index (χ1) is 16.9. The predicted molar refractivity (Wildman–Crippen MR) is 120 cm³/mol. The lowest BCUT2D eigenvalue weighted by Crippen LogP contribution is -2.50. The number of rotatable bonds is 3. The maximum atomic E-state index is 14.0. The third-order valence-corrected chi connectivity index (χ3v) is 6.86. The third kappa shape index (κ3) is 3.43. The minimum atomic E-state index is -1.50. The lowest BCUT2D eigenvalue weighted by atomic mass is 9.81. The van der Waals surface area contributed by atoms with Crippen LogP contribution in [0.25, 0.3) is 17.1 Å². The Kier molecular flexibility index (Phi) is 4.98. The van der Waals surface area contributed by atoms with E-state index in [2.05, 4.69) is 15.2 Å². The molecule has 2 aliphatic heterocycles. The molecule has 1 fully saturated rings. The third-order valence-electron chi connectivity index (χ3n) is 6.86. The van der Waals surface area contributed by atoms with Crippen LogP contribution >= 0.6 is 0 Å². The van der Waals surface area contributed by atoms with Crippen LogP contribution in [0.2, 0.25) is 0 Å². The quantitative estimate of drug-likeness (QED) is 0.410. The highest BCUT2D eigenvalue weighted by atomic mass is 19.2. The Balaban J connectivity index is 1.40. The number of carbonyl (C=O) groups excluding carboxylic acids is 1. The molecule has 2 atom stereocenters. The second-order valence-electron chi connectivity index (χ2n) is 8.94. The molecule has 1 saturated heterocycles. The number of piperidine rings is 1. The molecular weight excluding hydrogens is 457 g/mol. The molecule has 0 aliphatic carbocycles. The van der Waals surface area contributed by atoms with Gasteiger partial charge in [-0.3, -0.25) is 9.48 Å². The number of halogens is 3.